The predicted octanol–water partition coefficient (Wildman–Crippen LogP) is 2.88. The molecule has 0 saturated carbocycles. The number of alkyl halides is 1. The maximum Gasteiger partial charge on any atom is 0.111 e. The fourth-order valence-electron chi connectivity index (χ4n) is 5.10. The number of nitrogens with one attached hydrogen (secondary N) is 1. The molecule has 6 unspecified atom stereocenters. The summed E-state index contributed by atoms with van der Waals surface area (Å²) in [5.41, 5.74) is 7.08. The number of amidine groups is 1. The maximum atomic E-state index is 14.3. The molecule has 3 aliphatic heterocycles. The van der Waals surface area contributed by atoms with Crippen molar-refractivity contribution in [1.82, 2.24) is 10.2 Å². The van der Waals surface area contributed by atoms with Gasteiger partial charge in [-0.25, -0.2) is 13.8 Å². The first-order valence-corrected chi connectivity index (χ1v) is 9.55. The molecule has 6 heteroatoms. The summed E-state index contributed by atoms with van der Waals surface area (Å²) in [6, 6.07) is 0.296. The largest absolute Gasteiger partial charge is 0.387 e. The van der Waals surface area contributed by atoms with Gasteiger partial charge in [-0.2, -0.15) is 0 Å². The lowest BCUT2D eigenvalue weighted by atomic mass is 9.83. The number of piperidine rings is 1. The number of likely N-dealkylation sites (tertiary alicyclic amines) is 1. The minimum atomic E-state index is -1.06. The molecule has 25 heavy (non-hydrogen) atoms. The monoisotopic (exact) mass is 350 g/mol. The van der Waals surface area contributed by atoms with Gasteiger partial charge >= 0.3 is 0 Å². The van der Waals surface area contributed by atoms with Gasteiger partial charge in [0.1, 0.15) is 12.0 Å². The van der Waals surface area contributed by atoms with E-state index in [4.69, 9.17) is 5.73 Å². The third-order valence-electron chi connectivity index (χ3n) is 6.39. The van der Waals surface area contributed by atoms with Gasteiger partial charge in [0.25, 0.3) is 0 Å². The summed E-state index contributed by atoms with van der Waals surface area (Å²) < 4.78 is 28.5. The molecule has 0 aromatic heterocycles. The van der Waals surface area contributed by atoms with Crippen molar-refractivity contribution in [2.24, 2.45) is 28.5 Å². The predicted molar refractivity (Wildman–Crippen MR) is 95.3 cm³/mol. The van der Waals surface area contributed by atoms with Crippen LogP contribution >= 0.6 is 0 Å². The zero-order chi connectivity index (χ0) is 17.6. The molecule has 6 atom stereocenters. The van der Waals surface area contributed by atoms with Crippen molar-refractivity contribution in [2.75, 3.05) is 13.1 Å². The van der Waals surface area contributed by atoms with Gasteiger partial charge in [-0.05, 0) is 31.6 Å². The Morgan fingerprint density at radius 1 is 1.32 bits per heavy atom. The minimum absolute atomic E-state index is 0.0760. The molecular formula is C19H28F2N4. The lowest BCUT2D eigenvalue weighted by Gasteiger charge is -2.40. The molecule has 0 aromatic rings. The van der Waals surface area contributed by atoms with Crippen LogP contribution in [0.4, 0.5) is 8.78 Å². The van der Waals surface area contributed by atoms with Gasteiger partial charge in [0.2, 0.25) is 0 Å². The van der Waals surface area contributed by atoms with Gasteiger partial charge in [-0.1, -0.05) is 13.0 Å². The van der Waals surface area contributed by atoms with Gasteiger partial charge in [0, 0.05) is 49.4 Å². The van der Waals surface area contributed by atoms with Crippen LogP contribution in [0.1, 0.15) is 39.0 Å². The van der Waals surface area contributed by atoms with E-state index in [9.17, 15) is 8.78 Å². The summed E-state index contributed by atoms with van der Waals surface area (Å²) in [7, 11) is 0. The highest BCUT2D eigenvalue weighted by molar-refractivity contribution is 5.82. The summed E-state index contributed by atoms with van der Waals surface area (Å²) in [4.78, 5) is 6.71. The van der Waals surface area contributed by atoms with Crippen molar-refractivity contribution in [3.63, 3.8) is 0 Å². The van der Waals surface area contributed by atoms with Crippen LogP contribution in [-0.2, 0) is 0 Å². The fourth-order valence-corrected chi connectivity index (χ4v) is 5.10. The summed E-state index contributed by atoms with van der Waals surface area (Å²) in [6.45, 7) is 4.09. The first-order valence-electron chi connectivity index (χ1n) is 9.55. The van der Waals surface area contributed by atoms with E-state index in [-0.39, 0.29) is 11.9 Å². The lowest BCUT2D eigenvalue weighted by molar-refractivity contribution is 0.170. The minimum Gasteiger partial charge on any atom is -0.387 e. The van der Waals surface area contributed by atoms with E-state index in [1.54, 1.807) is 6.08 Å². The Morgan fingerprint density at radius 3 is 2.92 bits per heavy atom. The molecule has 4 aliphatic rings. The van der Waals surface area contributed by atoms with Crippen molar-refractivity contribution >= 4 is 5.84 Å². The molecule has 0 aromatic carbocycles. The fraction of sp³-hybridized carbons (Fsp3) is 0.737. The van der Waals surface area contributed by atoms with Crippen molar-refractivity contribution < 1.29 is 8.78 Å². The van der Waals surface area contributed by atoms with Crippen LogP contribution in [0.25, 0.3) is 0 Å². The summed E-state index contributed by atoms with van der Waals surface area (Å²) in [6.07, 6.45) is 6.06. The summed E-state index contributed by atoms with van der Waals surface area (Å²) in [5, 5.41) is 3.55. The molecule has 138 valence electrons. The first kappa shape index (κ1) is 17.0. The van der Waals surface area contributed by atoms with Gasteiger partial charge in [0.05, 0.1) is 11.8 Å². The second-order valence-corrected chi connectivity index (χ2v) is 8.10. The molecule has 0 spiro atoms. The molecule has 0 bridgehead atoms. The zero-order valence-corrected chi connectivity index (χ0v) is 14.8. The average molecular weight is 350 g/mol. The normalized spacial score (nSPS) is 41.7. The Bertz CT molecular complexity index is 615. The number of nitrogens with zero attached hydrogens (tertiary/aromatic N) is 2. The van der Waals surface area contributed by atoms with Crippen LogP contribution in [0.2, 0.25) is 0 Å². The third-order valence-corrected chi connectivity index (χ3v) is 6.39. The summed E-state index contributed by atoms with van der Waals surface area (Å²) >= 11 is 0. The number of hydrogen-bond acceptors (Lipinski definition) is 4. The van der Waals surface area contributed by atoms with Crippen molar-refractivity contribution in [1.29, 1.82) is 0 Å². The third kappa shape index (κ3) is 3.21. The Balaban J connectivity index is 1.44. The molecule has 2 saturated heterocycles. The number of hydrogen-bond donors (Lipinski definition) is 2. The van der Waals surface area contributed by atoms with E-state index in [0.29, 0.717) is 36.6 Å². The number of nitrogens with two attached hydrogens (primary N) is 1. The van der Waals surface area contributed by atoms with Gasteiger partial charge < -0.3 is 16.0 Å². The van der Waals surface area contributed by atoms with Gasteiger partial charge in [-0.3, -0.25) is 0 Å². The Kier molecular flexibility index (Phi) is 4.56. The molecular weight excluding hydrogens is 322 g/mol. The number of halogens is 2. The summed E-state index contributed by atoms with van der Waals surface area (Å²) in [5.74, 6) is 0.678. The highest BCUT2D eigenvalue weighted by atomic mass is 19.1. The van der Waals surface area contributed by atoms with E-state index >= 15 is 0 Å². The number of allylic oxidation sites excluding steroid dienone is 2. The first-order chi connectivity index (χ1) is 12.0. The smallest absolute Gasteiger partial charge is 0.111 e. The molecule has 2 fully saturated rings. The number of fused-ring (bicyclic) bond motifs is 1. The topological polar surface area (TPSA) is 53.6 Å². The molecule has 1 aliphatic carbocycles. The van der Waals surface area contributed by atoms with E-state index in [1.165, 1.54) is 5.70 Å². The Morgan fingerprint density at radius 2 is 2.16 bits per heavy atom. The quantitative estimate of drug-likeness (QED) is 0.805. The van der Waals surface area contributed by atoms with E-state index in [0.717, 1.165) is 32.4 Å². The lowest BCUT2D eigenvalue weighted by Crippen LogP contribution is -2.46. The average Bonchev–Trinajstić information content (AvgIpc) is 2.97. The Hall–Kier alpha value is -1.43. The van der Waals surface area contributed by atoms with E-state index in [1.807, 2.05) is 6.20 Å². The van der Waals surface area contributed by atoms with Crippen molar-refractivity contribution in [2.45, 2.75) is 57.3 Å². The van der Waals surface area contributed by atoms with Crippen LogP contribution in [0, 0.1) is 17.8 Å². The molecule has 4 nitrogen and oxygen atoms in total. The standard InChI is InChI=1S/C19H28F2N4/c1-11-7-18(22)23-9-17(11)25-6-5-15-12(10-25)8-16(24-15)19-13(20)3-2-4-14(19)21/h3,9,11-12,14-16,19,24H,2,4-8,10H2,1H3,(H2,22,23). The second kappa shape index (κ2) is 6.71. The van der Waals surface area contributed by atoms with Crippen LogP contribution < -0.4 is 11.1 Å². The van der Waals surface area contributed by atoms with Crippen molar-refractivity contribution in [3.05, 3.63) is 23.8 Å². The molecule has 3 heterocycles. The van der Waals surface area contributed by atoms with E-state index in [2.05, 4.69) is 22.1 Å². The Labute approximate surface area is 148 Å². The molecule has 3 N–H and O–H groups in total. The molecule has 4 rings (SSSR count). The molecule has 0 amide bonds. The zero-order valence-electron chi connectivity index (χ0n) is 14.8. The number of aliphatic imine (C=N–C) groups is 1. The van der Waals surface area contributed by atoms with Crippen LogP contribution in [0.5, 0.6) is 0 Å². The SMILES string of the molecule is CC1CC(N)=NC=C1N1CCC2NC(C3C(F)=CCCC3F)CC2C1. The van der Waals surface area contributed by atoms with Gasteiger partial charge in [-0.15, -0.1) is 0 Å². The van der Waals surface area contributed by atoms with Crippen LogP contribution in [0.15, 0.2) is 28.8 Å². The second-order valence-electron chi connectivity index (χ2n) is 8.10. The van der Waals surface area contributed by atoms with Crippen molar-refractivity contribution in [3.8, 4) is 0 Å². The molecule has 0 radical (unpaired) electrons. The highest BCUT2D eigenvalue weighted by Crippen LogP contribution is 2.40. The van der Waals surface area contributed by atoms with Crippen LogP contribution in [-0.4, -0.2) is 42.1 Å². The number of rotatable bonds is 2. The maximum absolute atomic E-state index is 14.3. The highest BCUT2D eigenvalue weighted by Gasteiger charge is 2.45. The van der Waals surface area contributed by atoms with E-state index < -0.39 is 12.1 Å². The van der Waals surface area contributed by atoms with Gasteiger partial charge in [0.15, 0.2) is 0 Å². The van der Waals surface area contributed by atoms with Crippen LogP contribution in [0.3, 0.4) is 0 Å².